The summed E-state index contributed by atoms with van der Waals surface area (Å²) in [6, 6.07) is 31.7. The molecule has 0 fully saturated rings. The zero-order valence-electron chi connectivity index (χ0n) is 30.7. The van der Waals surface area contributed by atoms with E-state index in [9.17, 15) is 5.11 Å². The van der Waals surface area contributed by atoms with Gasteiger partial charge in [-0.2, -0.15) is 0 Å². The van der Waals surface area contributed by atoms with Gasteiger partial charge in [0, 0.05) is 23.0 Å². The molecule has 2 aromatic heterocycles. The fraction of sp³-hybridized carbons (Fsp3) is 0.289. The summed E-state index contributed by atoms with van der Waals surface area (Å²) in [5.41, 5.74) is 13.2. The van der Waals surface area contributed by atoms with E-state index in [1.54, 1.807) is 6.07 Å². The average Bonchev–Trinajstić information content (AvgIpc) is 3.43. The number of nitrogens with zero attached hydrogens (tertiary/aromatic N) is 3. The van der Waals surface area contributed by atoms with Gasteiger partial charge in [0.25, 0.3) is 0 Å². The monoisotopic (exact) mass is 647 g/mol. The van der Waals surface area contributed by atoms with Crippen LogP contribution in [0.3, 0.4) is 0 Å². The molecule has 6 aromatic rings. The third kappa shape index (κ3) is 6.70. The first-order valence-electron chi connectivity index (χ1n) is 17.2. The SMILES string of the molecule is C=C(C)c1ccnc(-c2cc(-c3cccc4c3nc(-c3ccccc3O)n4-c3cc(C(C)(C)C)cc(C(C)(C)C)c3)cc(C(C)(C)C)c2)c1. The smallest absolute Gasteiger partial charge is 0.149 e. The van der Waals surface area contributed by atoms with Gasteiger partial charge < -0.3 is 5.11 Å². The van der Waals surface area contributed by atoms with Crippen LogP contribution < -0.4 is 0 Å². The number of imidazole rings is 1. The number of phenolic OH excluding ortho intramolecular Hbond substituents is 1. The molecule has 0 saturated carbocycles. The Morgan fingerprint density at radius 1 is 0.653 bits per heavy atom. The van der Waals surface area contributed by atoms with Crippen molar-refractivity contribution < 1.29 is 5.11 Å². The number of allylic oxidation sites excluding steroid dienone is 1. The molecular formula is C45H49N3O. The number of pyridine rings is 1. The van der Waals surface area contributed by atoms with Crippen molar-refractivity contribution in [1.29, 1.82) is 0 Å². The van der Waals surface area contributed by atoms with Crippen molar-refractivity contribution in [2.75, 3.05) is 0 Å². The summed E-state index contributed by atoms with van der Waals surface area (Å²) in [5, 5.41) is 11.2. The molecule has 6 rings (SSSR count). The molecule has 0 atom stereocenters. The zero-order chi connectivity index (χ0) is 35.5. The number of phenols is 1. The van der Waals surface area contributed by atoms with Gasteiger partial charge in [-0.15, -0.1) is 0 Å². The van der Waals surface area contributed by atoms with E-state index in [-0.39, 0.29) is 22.0 Å². The van der Waals surface area contributed by atoms with E-state index in [4.69, 9.17) is 9.97 Å². The van der Waals surface area contributed by atoms with Gasteiger partial charge in [-0.3, -0.25) is 9.55 Å². The van der Waals surface area contributed by atoms with Gasteiger partial charge in [0.2, 0.25) is 0 Å². The second-order valence-corrected chi connectivity index (χ2v) is 16.5. The number of benzene rings is 4. The van der Waals surface area contributed by atoms with Crippen LogP contribution in [0.2, 0.25) is 0 Å². The van der Waals surface area contributed by atoms with E-state index in [1.165, 1.54) is 16.7 Å². The molecule has 0 amide bonds. The Bertz CT molecular complexity index is 2180. The largest absolute Gasteiger partial charge is 0.507 e. The molecule has 4 nitrogen and oxygen atoms in total. The second kappa shape index (κ2) is 12.2. The van der Waals surface area contributed by atoms with Crippen molar-refractivity contribution in [3.8, 4) is 45.2 Å². The van der Waals surface area contributed by atoms with Crippen LogP contribution in [0.4, 0.5) is 0 Å². The third-order valence-electron chi connectivity index (χ3n) is 9.40. The summed E-state index contributed by atoms with van der Waals surface area (Å²) in [7, 11) is 0. The quantitative estimate of drug-likeness (QED) is 0.203. The molecule has 0 spiro atoms. The topological polar surface area (TPSA) is 50.9 Å². The van der Waals surface area contributed by atoms with E-state index in [0.29, 0.717) is 11.4 Å². The highest BCUT2D eigenvalue weighted by molar-refractivity contribution is 5.96. The van der Waals surface area contributed by atoms with Crippen molar-refractivity contribution in [2.24, 2.45) is 0 Å². The highest BCUT2D eigenvalue weighted by Crippen LogP contribution is 2.41. The van der Waals surface area contributed by atoms with Gasteiger partial charge in [-0.1, -0.05) is 111 Å². The van der Waals surface area contributed by atoms with Gasteiger partial charge in [0.05, 0.1) is 22.3 Å². The average molecular weight is 648 g/mol. The number of rotatable bonds is 5. The van der Waals surface area contributed by atoms with Crippen LogP contribution in [0.5, 0.6) is 5.75 Å². The molecule has 0 unspecified atom stereocenters. The summed E-state index contributed by atoms with van der Waals surface area (Å²) in [4.78, 5) is 10.2. The fourth-order valence-corrected chi connectivity index (χ4v) is 6.26. The summed E-state index contributed by atoms with van der Waals surface area (Å²) < 4.78 is 2.23. The van der Waals surface area contributed by atoms with Crippen molar-refractivity contribution in [3.05, 3.63) is 126 Å². The van der Waals surface area contributed by atoms with Crippen molar-refractivity contribution in [2.45, 2.75) is 85.5 Å². The van der Waals surface area contributed by atoms with Gasteiger partial charge in [-0.25, -0.2) is 4.98 Å². The number of para-hydroxylation sites is 2. The normalized spacial score (nSPS) is 12.4. The Balaban J connectivity index is 1.69. The molecule has 4 aromatic carbocycles. The number of aromatic nitrogens is 3. The lowest BCUT2D eigenvalue weighted by Gasteiger charge is -2.27. The lowest BCUT2D eigenvalue weighted by Crippen LogP contribution is -2.17. The number of hydrogen-bond acceptors (Lipinski definition) is 3. The molecule has 0 aliphatic heterocycles. The van der Waals surface area contributed by atoms with E-state index in [0.717, 1.165) is 50.2 Å². The molecule has 4 heteroatoms. The van der Waals surface area contributed by atoms with Crippen molar-refractivity contribution in [1.82, 2.24) is 14.5 Å². The standard InChI is InChI=1S/C45H49N3O/c1-28(2)29-19-20-46-38(24-29)31-21-30(22-32(23-31)43(3,4)5)36-16-14-17-39-41(36)47-42(37-15-12-13-18-40(37)49)48(39)35-26-33(44(6,7)8)25-34(27-35)45(9,10)11/h12-27,49H,1H2,2-11H3. The number of hydrogen-bond donors (Lipinski definition) is 1. The zero-order valence-corrected chi connectivity index (χ0v) is 30.7. The minimum Gasteiger partial charge on any atom is -0.507 e. The van der Waals surface area contributed by atoms with Crippen LogP contribution in [-0.2, 0) is 16.2 Å². The predicted molar refractivity (Wildman–Crippen MR) is 208 cm³/mol. The molecule has 0 radical (unpaired) electrons. The van der Waals surface area contributed by atoms with Crippen LogP contribution in [0, 0.1) is 0 Å². The Labute approximate surface area is 292 Å². The van der Waals surface area contributed by atoms with Crippen LogP contribution >= 0.6 is 0 Å². The molecule has 2 heterocycles. The van der Waals surface area contributed by atoms with Gasteiger partial charge in [0.1, 0.15) is 11.6 Å². The lowest BCUT2D eigenvalue weighted by atomic mass is 9.80. The second-order valence-electron chi connectivity index (χ2n) is 16.5. The predicted octanol–water partition coefficient (Wildman–Crippen LogP) is 12.1. The number of fused-ring (bicyclic) bond motifs is 1. The summed E-state index contributed by atoms with van der Waals surface area (Å²) in [6.07, 6.45) is 1.86. The molecular weight excluding hydrogens is 599 g/mol. The van der Waals surface area contributed by atoms with Crippen LogP contribution in [0.25, 0.3) is 56.1 Å². The Morgan fingerprint density at radius 3 is 1.86 bits per heavy atom. The summed E-state index contributed by atoms with van der Waals surface area (Å²) in [6.45, 7) is 26.5. The number of aromatic hydroxyl groups is 1. The Kier molecular flexibility index (Phi) is 8.43. The van der Waals surface area contributed by atoms with E-state index < -0.39 is 0 Å². The van der Waals surface area contributed by atoms with Crippen LogP contribution in [0.1, 0.15) is 91.5 Å². The van der Waals surface area contributed by atoms with Crippen molar-refractivity contribution >= 4 is 16.6 Å². The van der Waals surface area contributed by atoms with Crippen molar-refractivity contribution in [3.63, 3.8) is 0 Å². The Morgan fingerprint density at radius 2 is 1.24 bits per heavy atom. The minimum absolute atomic E-state index is 0.0636. The van der Waals surface area contributed by atoms with Crippen LogP contribution in [0.15, 0.2) is 104 Å². The molecule has 0 aliphatic carbocycles. The minimum atomic E-state index is -0.0955. The van der Waals surface area contributed by atoms with E-state index in [1.807, 2.05) is 37.4 Å². The van der Waals surface area contributed by atoms with E-state index in [2.05, 4.69) is 134 Å². The third-order valence-corrected chi connectivity index (χ3v) is 9.40. The Hall–Kier alpha value is -4.96. The maximum atomic E-state index is 11.2. The molecule has 250 valence electrons. The summed E-state index contributed by atoms with van der Waals surface area (Å²) in [5.74, 6) is 0.901. The van der Waals surface area contributed by atoms with Crippen LogP contribution in [-0.4, -0.2) is 19.6 Å². The molecule has 1 N–H and O–H groups in total. The maximum absolute atomic E-state index is 11.2. The molecule has 0 saturated heterocycles. The fourth-order valence-electron chi connectivity index (χ4n) is 6.26. The highest BCUT2D eigenvalue weighted by atomic mass is 16.3. The van der Waals surface area contributed by atoms with E-state index >= 15 is 0 Å². The highest BCUT2D eigenvalue weighted by Gasteiger charge is 2.25. The first kappa shape index (κ1) is 33.9. The van der Waals surface area contributed by atoms with Gasteiger partial charge >= 0.3 is 0 Å². The first-order chi connectivity index (χ1) is 22.9. The van der Waals surface area contributed by atoms with Gasteiger partial charge in [-0.05, 0) is 106 Å². The maximum Gasteiger partial charge on any atom is 0.149 e. The first-order valence-corrected chi connectivity index (χ1v) is 17.2. The summed E-state index contributed by atoms with van der Waals surface area (Å²) >= 11 is 0. The lowest BCUT2D eigenvalue weighted by molar-refractivity contribution is 0.477. The molecule has 0 bridgehead atoms. The molecule has 49 heavy (non-hydrogen) atoms. The molecule has 0 aliphatic rings. The van der Waals surface area contributed by atoms with Gasteiger partial charge in [0.15, 0.2) is 0 Å².